The summed E-state index contributed by atoms with van der Waals surface area (Å²) < 4.78 is 10.7. The number of ether oxygens (including phenoxy) is 2. The van der Waals surface area contributed by atoms with Gasteiger partial charge < -0.3 is 9.47 Å². The van der Waals surface area contributed by atoms with Crippen molar-refractivity contribution in [3.8, 4) is 5.75 Å². The number of aryl methyl sites for hydroxylation is 2. The molecule has 3 aromatic rings. The monoisotopic (exact) mass is 308 g/mol. The van der Waals surface area contributed by atoms with Crippen LogP contribution in [0, 0.1) is 13.8 Å². The van der Waals surface area contributed by atoms with Crippen LogP contribution >= 0.6 is 0 Å². The van der Waals surface area contributed by atoms with Crippen LogP contribution in [0.3, 0.4) is 0 Å². The number of hydrogen-bond donors (Lipinski definition) is 0. The molecule has 0 aliphatic rings. The van der Waals surface area contributed by atoms with E-state index in [2.05, 4.69) is 31.2 Å². The molecule has 0 N–H and O–H groups in total. The van der Waals surface area contributed by atoms with Gasteiger partial charge >= 0.3 is 6.16 Å². The molecule has 0 bridgehead atoms. The fourth-order valence-electron chi connectivity index (χ4n) is 2.77. The van der Waals surface area contributed by atoms with E-state index in [-0.39, 0.29) is 0 Å². The zero-order chi connectivity index (χ0) is 16.4. The van der Waals surface area contributed by atoms with E-state index < -0.39 is 6.16 Å². The minimum absolute atomic E-state index is 0.361. The van der Waals surface area contributed by atoms with Gasteiger partial charge in [-0.2, -0.15) is 0 Å². The topological polar surface area (TPSA) is 35.5 Å². The number of carbonyl (C=O) groups is 1. The highest BCUT2D eigenvalue weighted by Gasteiger charge is 2.15. The number of hydrogen-bond acceptors (Lipinski definition) is 3. The third-order valence-electron chi connectivity index (χ3n) is 3.93. The summed E-state index contributed by atoms with van der Waals surface area (Å²) in [5, 5.41) is 3.99. The molecule has 3 heteroatoms. The van der Waals surface area contributed by atoms with Crippen molar-refractivity contribution >= 4 is 27.7 Å². The van der Waals surface area contributed by atoms with Crippen LogP contribution in [0.25, 0.3) is 21.5 Å². The van der Waals surface area contributed by atoms with Crippen LogP contribution in [0.4, 0.5) is 4.79 Å². The van der Waals surface area contributed by atoms with Gasteiger partial charge in [-0.1, -0.05) is 42.8 Å². The van der Waals surface area contributed by atoms with Gasteiger partial charge in [0.25, 0.3) is 0 Å². The van der Waals surface area contributed by atoms with Gasteiger partial charge in [0.15, 0.2) is 0 Å². The summed E-state index contributed by atoms with van der Waals surface area (Å²) in [5.74, 6) is 0.575. The molecular weight excluding hydrogens is 288 g/mol. The highest BCUT2D eigenvalue weighted by Crippen LogP contribution is 2.37. The van der Waals surface area contributed by atoms with E-state index in [0.29, 0.717) is 12.4 Å². The van der Waals surface area contributed by atoms with Crippen LogP contribution in [-0.2, 0) is 4.74 Å². The Labute approximate surface area is 135 Å². The lowest BCUT2D eigenvalue weighted by molar-refractivity contribution is 0.100. The first-order valence-electron chi connectivity index (χ1n) is 7.87. The largest absolute Gasteiger partial charge is 0.513 e. The molecule has 0 aromatic heterocycles. The molecule has 0 heterocycles. The van der Waals surface area contributed by atoms with E-state index in [1.54, 1.807) is 0 Å². The minimum Gasteiger partial charge on any atom is -0.434 e. The maximum atomic E-state index is 12.0. The molecule has 118 valence electrons. The molecule has 0 atom stereocenters. The van der Waals surface area contributed by atoms with Crippen molar-refractivity contribution in [3.63, 3.8) is 0 Å². The van der Waals surface area contributed by atoms with Gasteiger partial charge in [0.1, 0.15) is 5.75 Å². The molecule has 0 fully saturated rings. The maximum Gasteiger partial charge on any atom is 0.513 e. The van der Waals surface area contributed by atoms with E-state index >= 15 is 0 Å². The molecule has 3 nitrogen and oxygen atoms in total. The summed E-state index contributed by atoms with van der Waals surface area (Å²) in [4.78, 5) is 12.0. The highest BCUT2D eigenvalue weighted by molar-refractivity contribution is 6.07. The molecule has 3 rings (SSSR count). The first-order valence-corrected chi connectivity index (χ1v) is 7.87. The average Bonchev–Trinajstić information content (AvgIpc) is 2.54. The maximum absolute atomic E-state index is 12.0. The number of fused-ring (bicyclic) bond motifs is 2. The summed E-state index contributed by atoms with van der Waals surface area (Å²) >= 11 is 0. The Kier molecular flexibility index (Phi) is 4.20. The Balaban J connectivity index is 2.22. The van der Waals surface area contributed by atoms with Crippen LogP contribution in [0.5, 0.6) is 5.75 Å². The normalized spacial score (nSPS) is 10.9. The zero-order valence-corrected chi connectivity index (χ0v) is 13.7. The van der Waals surface area contributed by atoms with Crippen molar-refractivity contribution in [3.05, 3.63) is 53.6 Å². The first-order chi connectivity index (χ1) is 11.1. The minimum atomic E-state index is -0.649. The quantitative estimate of drug-likeness (QED) is 0.362. The van der Waals surface area contributed by atoms with Crippen LogP contribution in [0.2, 0.25) is 0 Å². The Hall–Kier alpha value is -2.55. The smallest absolute Gasteiger partial charge is 0.434 e. The van der Waals surface area contributed by atoms with Crippen molar-refractivity contribution < 1.29 is 14.3 Å². The molecule has 3 aromatic carbocycles. The van der Waals surface area contributed by atoms with Gasteiger partial charge in [0, 0.05) is 10.8 Å². The summed E-state index contributed by atoms with van der Waals surface area (Å²) in [7, 11) is 0. The predicted octanol–water partition coefficient (Wildman–Crippen LogP) is 5.54. The number of benzene rings is 3. The average molecular weight is 308 g/mol. The second kappa shape index (κ2) is 6.29. The van der Waals surface area contributed by atoms with Gasteiger partial charge in [-0.15, -0.1) is 0 Å². The van der Waals surface area contributed by atoms with Gasteiger partial charge in [0.2, 0.25) is 0 Å². The third kappa shape index (κ3) is 3.00. The molecule has 0 spiro atoms. The third-order valence-corrected chi connectivity index (χ3v) is 3.93. The van der Waals surface area contributed by atoms with Crippen LogP contribution in [-0.4, -0.2) is 12.8 Å². The first kappa shape index (κ1) is 15.3. The molecule has 0 aliphatic carbocycles. The molecular formula is C20H20O3. The number of carbonyl (C=O) groups excluding carboxylic acids is 1. The standard InChI is InChI=1S/C20H20O3/c1-4-10-22-20(21)23-19-16-7-5-6-14(3)17(16)12-15-9-8-13(2)11-18(15)19/h5-9,11-12H,4,10H2,1-3H3. The fraction of sp³-hybridized carbons (Fsp3) is 0.250. The van der Waals surface area contributed by atoms with E-state index in [1.165, 1.54) is 0 Å². The molecule has 0 radical (unpaired) electrons. The summed E-state index contributed by atoms with van der Waals surface area (Å²) in [6.45, 7) is 6.40. The predicted molar refractivity (Wildman–Crippen MR) is 93.2 cm³/mol. The Morgan fingerprint density at radius 3 is 2.61 bits per heavy atom. The summed E-state index contributed by atoms with van der Waals surface area (Å²) in [6.07, 6.45) is 0.118. The lowest BCUT2D eigenvalue weighted by atomic mass is 9.98. The Morgan fingerprint density at radius 1 is 1.00 bits per heavy atom. The van der Waals surface area contributed by atoms with Crippen molar-refractivity contribution in [1.82, 2.24) is 0 Å². The van der Waals surface area contributed by atoms with E-state index in [1.807, 2.05) is 32.0 Å². The fourth-order valence-corrected chi connectivity index (χ4v) is 2.77. The van der Waals surface area contributed by atoms with Crippen molar-refractivity contribution in [2.24, 2.45) is 0 Å². The lowest BCUT2D eigenvalue weighted by Gasteiger charge is -2.13. The van der Waals surface area contributed by atoms with Crippen molar-refractivity contribution in [2.45, 2.75) is 27.2 Å². The van der Waals surface area contributed by atoms with E-state index in [9.17, 15) is 4.79 Å². The van der Waals surface area contributed by atoms with E-state index in [0.717, 1.165) is 39.1 Å². The second-order valence-corrected chi connectivity index (χ2v) is 5.80. The highest BCUT2D eigenvalue weighted by atomic mass is 16.7. The van der Waals surface area contributed by atoms with Crippen LogP contribution < -0.4 is 4.74 Å². The van der Waals surface area contributed by atoms with Crippen molar-refractivity contribution in [2.75, 3.05) is 6.61 Å². The van der Waals surface area contributed by atoms with Crippen molar-refractivity contribution in [1.29, 1.82) is 0 Å². The number of rotatable bonds is 3. The molecule has 23 heavy (non-hydrogen) atoms. The van der Waals surface area contributed by atoms with Gasteiger partial charge in [-0.25, -0.2) is 4.79 Å². The van der Waals surface area contributed by atoms with Gasteiger partial charge in [0.05, 0.1) is 6.61 Å². The second-order valence-electron chi connectivity index (χ2n) is 5.80. The van der Waals surface area contributed by atoms with Crippen LogP contribution in [0.15, 0.2) is 42.5 Å². The van der Waals surface area contributed by atoms with Gasteiger partial charge in [-0.3, -0.25) is 0 Å². The Morgan fingerprint density at radius 2 is 1.83 bits per heavy atom. The lowest BCUT2D eigenvalue weighted by Crippen LogP contribution is -2.11. The molecule has 0 saturated heterocycles. The summed E-state index contributed by atoms with van der Waals surface area (Å²) in [6, 6.07) is 14.3. The van der Waals surface area contributed by atoms with E-state index in [4.69, 9.17) is 9.47 Å². The molecule has 0 aliphatic heterocycles. The van der Waals surface area contributed by atoms with Crippen LogP contribution in [0.1, 0.15) is 24.5 Å². The van der Waals surface area contributed by atoms with Gasteiger partial charge in [-0.05, 0) is 48.7 Å². The molecule has 0 unspecified atom stereocenters. The zero-order valence-electron chi connectivity index (χ0n) is 13.7. The SMILES string of the molecule is CCCOC(=O)Oc1c2cc(C)ccc2cc2c(C)cccc12. The molecule has 0 amide bonds. The Bertz CT molecular complexity index is 877. The molecule has 0 saturated carbocycles. The summed E-state index contributed by atoms with van der Waals surface area (Å²) in [5.41, 5.74) is 2.27.